The molecule has 20 heavy (non-hydrogen) atoms. The Morgan fingerprint density at radius 1 is 1.30 bits per heavy atom. The fourth-order valence-electron chi connectivity index (χ4n) is 1.54. The van der Waals surface area contributed by atoms with Crippen LogP contribution in [0.15, 0.2) is 30.3 Å². The molecule has 5 heteroatoms. The van der Waals surface area contributed by atoms with Crippen LogP contribution in [0.4, 0.5) is 0 Å². The molecule has 1 atom stereocenters. The fourth-order valence-corrected chi connectivity index (χ4v) is 1.54. The van der Waals surface area contributed by atoms with Crippen molar-refractivity contribution in [2.24, 2.45) is 0 Å². The van der Waals surface area contributed by atoms with Gasteiger partial charge in [-0.1, -0.05) is 12.1 Å². The molecule has 2 amide bonds. The van der Waals surface area contributed by atoms with Gasteiger partial charge in [0.2, 0.25) is 11.8 Å². The van der Waals surface area contributed by atoms with Gasteiger partial charge >= 0.3 is 0 Å². The van der Waals surface area contributed by atoms with E-state index in [1.54, 1.807) is 20.1 Å². The van der Waals surface area contributed by atoms with Crippen LogP contribution in [0.1, 0.15) is 19.4 Å². The van der Waals surface area contributed by atoms with Gasteiger partial charge in [0.1, 0.15) is 11.8 Å². The summed E-state index contributed by atoms with van der Waals surface area (Å²) in [6.07, 6.45) is 3.08. The molecule has 0 aliphatic heterocycles. The Hall–Kier alpha value is -2.30. The highest BCUT2D eigenvalue weighted by Crippen LogP contribution is 2.12. The van der Waals surface area contributed by atoms with Gasteiger partial charge in [-0.2, -0.15) is 0 Å². The lowest BCUT2D eigenvalue weighted by Crippen LogP contribution is -2.44. The summed E-state index contributed by atoms with van der Waals surface area (Å²) >= 11 is 0. The van der Waals surface area contributed by atoms with Crippen molar-refractivity contribution >= 4 is 17.9 Å². The van der Waals surface area contributed by atoms with Crippen LogP contribution in [0.5, 0.6) is 5.75 Å². The molecule has 1 unspecified atom stereocenters. The molecule has 0 fully saturated rings. The number of ether oxygens (including phenoxy) is 1. The first-order chi connectivity index (χ1) is 9.56. The number of likely N-dealkylation sites (N-methyl/N-ethyl adjacent to an activating group) is 1. The normalized spacial score (nSPS) is 11.9. The molecule has 0 saturated carbocycles. The molecule has 0 heterocycles. The first kappa shape index (κ1) is 15.8. The number of benzene rings is 1. The van der Waals surface area contributed by atoms with Crippen LogP contribution >= 0.6 is 0 Å². The smallest absolute Gasteiger partial charge is 0.244 e. The van der Waals surface area contributed by atoms with Crippen molar-refractivity contribution in [2.45, 2.75) is 19.9 Å². The van der Waals surface area contributed by atoms with E-state index in [-0.39, 0.29) is 11.8 Å². The summed E-state index contributed by atoms with van der Waals surface area (Å²) in [5.74, 6) is 0.259. The third-order valence-corrected chi connectivity index (χ3v) is 2.65. The number of carbonyl (C=O) groups is 2. The number of carbonyl (C=O) groups excluding carboxylic acids is 2. The van der Waals surface area contributed by atoms with E-state index in [4.69, 9.17) is 4.74 Å². The summed E-state index contributed by atoms with van der Waals surface area (Å²) in [6.45, 7) is 4.01. The standard InChI is InChI=1S/C15H20N2O3/c1-4-16-15(19)11(2)17-14(18)10-7-12-5-8-13(20-3)9-6-12/h5-11H,4H2,1-3H3,(H,16,19)(H,17,18). The molecule has 0 aliphatic rings. The zero-order valence-electron chi connectivity index (χ0n) is 12.0. The van der Waals surface area contributed by atoms with Crippen molar-refractivity contribution < 1.29 is 14.3 Å². The quantitative estimate of drug-likeness (QED) is 0.771. The lowest BCUT2D eigenvalue weighted by molar-refractivity contribution is -0.126. The summed E-state index contributed by atoms with van der Waals surface area (Å²) in [4.78, 5) is 23.1. The highest BCUT2D eigenvalue weighted by atomic mass is 16.5. The van der Waals surface area contributed by atoms with Gasteiger partial charge in [-0.25, -0.2) is 0 Å². The number of nitrogens with one attached hydrogen (secondary N) is 2. The largest absolute Gasteiger partial charge is 0.497 e. The molecular formula is C15H20N2O3. The SMILES string of the molecule is CCNC(=O)C(C)NC(=O)C=Cc1ccc(OC)cc1. The van der Waals surface area contributed by atoms with Crippen LogP contribution in [0.25, 0.3) is 6.08 Å². The van der Waals surface area contributed by atoms with E-state index in [1.165, 1.54) is 6.08 Å². The van der Waals surface area contributed by atoms with Crippen molar-refractivity contribution in [3.05, 3.63) is 35.9 Å². The Kier molecular flexibility index (Phi) is 6.29. The molecule has 0 spiro atoms. The topological polar surface area (TPSA) is 67.4 Å². The molecule has 2 N–H and O–H groups in total. The van der Waals surface area contributed by atoms with Gasteiger partial charge in [-0.3, -0.25) is 9.59 Å². The maximum atomic E-state index is 11.7. The van der Waals surface area contributed by atoms with Crippen LogP contribution in [0.3, 0.4) is 0 Å². The minimum absolute atomic E-state index is 0.196. The maximum absolute atomic E-state index is 11.7. The third-order valence-electron chi connectivity index (χ3n) is 2.65. The van der Waals surface area contributed by atoms with E-state index in [1.807, 2.05) is 31.2 Å². The van der Waals surface area contributed by atoms with Crippen molar-refractivity contribution in [2.75, 3.05) is 13.7 Å². The van der Waals surface area contributed by atoms with E-state index in [9.17, 15) is 9.59 Å². The number of amides is 2. The lowest BCUT2D eigenvalue weighted by Gasteiger charge is -2.11. The molecule has 0 aromatic heterocycles. The van der Waals surface area contributed by atoms with E-state index < -0.39 is 6.04 Å². The van der Waals surface area contributed by atoms with Crippen molar-refractivity contribution in [1.82, 2.24) is 10.6 Å². The highest BCUT2D eigenvalue weighted by Gasteiger charge is 2.12. The fraction of sp³-hybridized carbons (Fsp3) is 0.333. The summed E-state index contributed by atoms with van der Waals surface area (Å²) in [7, 11) is 1.60. The van der Waals surface area contributed by atoms with E-state index >= 15 is 0 Å². The van der Waals surface area contributed by atoms with Crippen LogP contribution < -0.4 is 15.4 Å². The van der Waals surface area contributed by atoms with E-state index in [0.29, 0.717) is 6.54 Å². The molecule has 1 aromatic carbocycles. The number of rotatable bonds is 6. The first-order valence-corrected chi connectivity index (χ1v) is 6.47. The van der Waals surface area contributed by atoms with Gasteiger partial charge in [-0.05, 0) is 37.6 Å². The lowest BCUT2D eigenvalue weighted by atomic mass is 10.2. The van der Waals surface area contributed by atoms with Gasteiger partial charge in [0.05, 0.1) is 7.11 Å². The van der Waals surface area contributed by atoms with Gasteiger partial charge in [0.25, 0.3) is 0 Å². The van der Waals surface area contributed by atoms with E-state index in [2.05, 4.69) is 10.6 Å². The van der Waals surface area contributed by atoms with Crippen LogP contribution in [-0.4, -0.2) is 31.5 Å². The molecule has 0 aliphatic carbocycles. The molecule has 0 radical (unpaired) electrons. The van der Waals surface area contributed by atoms with Crippen LogP contribution in [0.2, 0.25) is 0 Å². The van der Waals surface area contributed by atoms with Crippen LogP contribution in [0, 0.1) is 0 Å². The summed E-state index contributed by atoms with van der Waals surface area (Å²) in [5.41, 5.74) is 0.881. The number of hydrogen-bond acceptors (Lipinski definition) is 3. The van der Waals surface area contributed by atoms with Crippen molar-refractivity contribution in [3.63, 3.8) is 0 Å². The second kappa shape index (κ2) is 7.99. The molecule has 1 rings (SSSR count). The Morgan fingerprint density at radius 3 is 2.50 bits per heavy atom. The summed E-state index contributed by atoms with van der Waals surface area (Å²) in [5, 5.41) is 5.24. The average Bonchev–Trinajstić information content (AvgIpc) is 2.45. The van der Waals surface area contributed by atoms with Gasteiger partial charge in [0, 0.05) is 12.6 Å². The van der Waals surface area contributed by atoms with Gasteiger partial charge in [-0.15, -0.1) is 0 Å². The molecule has 0 bridgehead atoms. The van der Waals surface area contributed by atoms with Crippen LogP contribution in [-0.2, 0) is 9.59 Å². The summed E-state index contributed by atoms with van der Waals surface area (Å²) < 4.78 is 5.05. The molecule has 108 valence electrons. The third kappa shape index (κ3) is 5.14. The first-order valence-electron chi connectivity index (χ1n) is 6.47. The zero-order valence-corrected chi connectivity index (χ0v) is 12.0. The second-order valence-electron chi connectivity index (χ2n) is 4.23. The Morgan fingerprint density at radius 2 is 1.95 bits per heavy atom. The van der Waals surface area contributed by atoms with Crippen molar-refractivity contribution in [1.29, 1.82) is 0 Å². The maximum Gasteiger partial charge on any atom is 0.244 e. The Bertz CT molecular complexity index is 480. The minimum atomic E-state index is -0.553. The zero-order chi connectivity index (χ0) is 15.0. The summed E-state index contributed by atoms with van der Waals surface area (Å²) in [6, 6.07) is 6.76. The second-order valence-corrected chi connectivity index (χ2v) is 4.23. The molecule has 0 saturated heterocycles. The average molecular weight is 276 g/mol. The predicted octanol–water partition coefficient (Wildman–Crippen LogP) is 1.35. The molecule has 5 nitrogen and oxygen atoms in total. The highest BCUT2D eigenvalue weighted by molar-refractivity contribution is 5.95. The van der Waals surface area contributed by atoms with Crippen molar-refractivity contribution in [3.8, 4) is 5.75 Å². The Labute approximate surface area is 119 Å². The Balaban J connectivity index is 2.52. The number of hydrogen-bond donors (Lipinski definition) is 2. The van der Waals surface area contributed by atoms with Gasteiger partial charge < -0.3 is 15.4 Å². The molecule has 1 aromatic rings. The molecular weight excluding hydrogens is 256 g/mol. The minimum Gasteiger partial charge on any atom is -0.497 e. The van der Waals surface area contributed by atoms with E-state index in [0.717, 1.165) is 11.3 Å². The predicted molar refractivity (Wildman–Crippen MR) is 78.3 cm³/mol. The van der Waals surface area contributed by atoms with Gasteiger partial charge in [0.15, 0.2) is 0 Å². The monoisotopic (exact) mass is 276 g/mol. The number of methoxy groups -OCH3 is 1.